The summed E-state index contributed by atoms with van der Waals surface area (Å²) in [5, 5.41) is 8.45. The minimum absolute atomic E-state index is 0.240. The fourth-order valence-corrected chi connectivity index (χ4v) is 2.69. The van der Waals surface area contributed by atoms with Gasteiger partial charge in [-0.1, -0.05) is 21.6 Å². The van der Waals surface area contributed by atoms with Gasteiger partial charge >= 0.3 is 11.9 Å². The fourth-order valence-electron chi connectivity index (χ4n) is 0.470. The highest BCUT2D eigenvalue weighted by molar-refractivity contribution is 8.76. The van der Waals surface area contributed by atoms with Crippen LogP contribution in [0.2, 0.25) is 0 Å². The van der Waals surface area contributed by atoms with E-state index in [1.807, 2.05) is 0 Å². The summed E-state index contributed by atoms with van der Waals surface area (Å²) in [6.45, 7) is 0. The standard InChI is InChI=1S/C6H13N3O4S2/c7-3(5(10)11)1-14-15-2-4(8)6(12)13-9/h3-4H,1-2,7-9H2,(H,10,11)/t3?,4-/m0/s1. The summed E-state index contributed by atoms with van der Waals surface area (Å²) in [5.41, 5.74) is 10.6. The maximum absolute atomic E-state index is 10.7. The van der Waals surface area contributed by atoms with Gasteiger partial charge in [0.1, 0.15) is 12.1 Å². The predicted octanol–water partition coefficient (Wildman–Crippen LogP) is -1.48. The first kappa shape index (κ1) is 14.5. The molecule has 2 atom stereocenters. The van der Waals surface area contributed by atoms with Gasteiger partial charge in [-0.25, -0.2) is 4.79 Å². The third-order valence-electron chi connectivity index (χ3n) is 1.31. The molecule has 0 saturated carbocycles. The van der Waals surface area contributed by atoms with E-state index in [0.29, 0.717) is 0 Å². The largest absolute Gasteiger partial charge is 0.480 e. The van der Waals surface area contributed by atoms with Gasteiger partial charge in [0.05, 0.1) is 0 Å². The Hall–Kier alpha value is -0.480. The van der Waals surface area contributed by atoms with E-state index in [9.17, 15) is 9.59 Å². The Morgan fingerprint density at radius 2 is 1.67 bits per heavy atom. The van der Waals surface area contributed by atoms with Crippen LogP contribution in [0.4, 0.5) is 0 Å². The zero-order valence-corrected chi connectivity index (χ0v) is 9.42. The van der Waals surface area contributed by atoms with Crippen molar-refractivity contribution in [1.29, 1.82) is 0 Å². The van der Waals surface area contributed by atoms with Crippen molar-refractivity contribution in [2.24, 2.45) is 17.4 Å². The highest BCUT2D eigenvalue weighted by Crippen LogP contribution is 2.22. The molecule has 0 aliphatic carbocycles. The van der Waals surface area contributed by atoms with E-state index in [-0.39, 0.29) is 11.5 Å². The Morgan fingerprint density at radius 1 is 1.20 bits per heavy atom. The Balaban J connectivity index is 3.54. The molecule has 0 aliphatic rings. The lowest BCUT2D eigenvalue weighted by atomic mass is 10.4. The second kappa shape index (κ2) is 7.77. The molecule has 88 valence electrons. The quantitative estimate of drug-likeness (QED) is 0.243. The maximum Gasteiger partial charge on any atom is 0.342 e. The second-order valence-electron chi connectivity index (χ2n) is 2.56. The molecule has 0 aromatic rings. The molecule has 0 amide bonds. The number of hydrogen-bond donors (Lipinski definition) is 4. The summed E-state index contributed by atoms with van der Waals surface area (Å²) >= 11 is 0. The van der Waals surface area contributed by atoms with Crippen LogP contribution >= 0.6 is 21.6 Å². The fraction of sp³-hybridized carbons (Fsp3) is 0.667. The van der Waals surface area contributed by atoms with Crippen molar-refractivity contribution in [3.63, 3.8) is 0 Å². The van der Waals surface area contributed by atoms with Gasteiger partial charge in [0.15, 0.2) is 0 Å². The molecule has 9 heteroatoms. The Labute approximate surface area is 94.4 Å². The number of hydrogen-bond acceptors (Lipinski definition) is 8. The van der Waals surface area contributed by atoms with Crippen molar-refractivity contribution in [3.05, 3.63) is 0 Å². The number of nitrogens with two attached hydrogens (primary N) is 3. The molecule has 0 bridgehead atoms. The van der Waals surface area contributed by atoms with Crippen LogP contribution in [0.5, 0.6) is 0 Å². The van der Waals surface area contributed by atoms with Crippen LogP contribution < -0.4 is 17.4 Å². The summed E-state index contributed by atoms with van der Waals surface area (Å²) in [6.07, 6.45) is 0. The van der Waals surface area contributed by atoms with Crippen molar-refractivity contribution in [1.82, 2.24) is 0 Å². The van der Waals surface area contributed by atoms with E-state index in [1.165, 1.54) is 21.6 Å². The zero-order chi connectivity index (χ0) is 11.8. The van der Waals surface area contributed by atoms with Crippen LogP contribution in [0.25, 0.3) is 0 Å². The van der Waals surface area contributed by atoms with Gasteiger partial charge in [-0.15, -0.1) is 0 Å². The molecule has 0 spiro atoms. The van der Waals surface area contributed by atoms with E-state index in [1.54, 1.807) is 0 Å². The average molecular weight is 255 g/mol. The summed E-state index contributed by atoms with van der Waals surface area (Å²) < 4.78 is 0. The predicted molar refractivity (Wildman–Crippen MR) is 58.8 cm³/mol. The SMILES string of the molecule is NOC(=O)[C@@H](N)CSSCC(N)C(=O)O. The molecule has 0 saturated heterocycles. The number of rotatable bonds is 7. The average Bonchev–Trinajstić information content (AvgIpc) is 2.22. The van der Waals surface area contributed by atoms with Gasteiger partial charge in [0.25, 0.3) is 0 Å². The molecule has 0 rings (SSSR count). The highest BCUT2D eigenvalue weighted by Gasteiger charge is 2.15. The summed E-state index contributed by atoms with van der Waals surface area (Å²) in [5.74, 6) is 3.38. The first-order chi connectivity index (χ1) is 6.99. The lowest BCUT2D eigenvalue weighted by Crippen LogP contribution is -2.36. The lowest BCUT2D eigenvalue weighted by molar-refractivity contribution is -0.145. The Bertz CT molecular complexity index is 228. The zero-order valence-electron chi connectivity index (χ0n) is 7.79. The number of carbonyl (C=O) groups is 2. The first-order valence-corrected chi connectivity index (χ1v) is 6.36. The highest BCUT2D eigenvalue weighted by atomic mass is 33.1. The van der Waals surface area contributed by atoms with Gasteiger partial charge in [-0.3, -0.25) is 4.79 Å². The molecule has 1 unspecified atom stereocenters. The molecule has 0 fully saturated rings. The maximum atomic E-state index is 10.7. The smallest absolute Gasteiger partial charge is 0.342 e. The van der Waals surface area contributed by atoms with Crippen LogP contribution in [-0.4, -0.2) is 40.6 Å². The summed E-state index contributed by atoms with van der Waals surface area (Å²) in [7, 11) is 2.47. The van der Waals surface area contributed by atoms with Crippen LogP contribution in [0.3, 0.4) is 0 Å². The number of carbonyl (C=O) groups excluding carboxylic acids is 1. The molecule has 0 aromatic carbocycles. The van der Waals surface area contributed by atoms with Gasteiger partial charge in [0, 0.05) is 11.5 Å². The lowest BCUT2D eigenvalue weighted by Gasteiger charge is -2.08. The third kappa shape index (κ3) is 6.57. The summed E-state index contributed by atoms with van der Waals surface area (Å²) in [6, 6.07) is -1.73. The van der Waals surface area contributed by atoms with E-state index in [0.717, 1.165) is 0 Å². The molecule has 0 aromatic heterocycles. The number of aliphatic carboxylic acids is 1. The second-order valence-corrected chi connectivity index (χ2v) is 5.11. The van der Waals surface area contributed by atoms with Crippen LogP contribution in [-0.2, 0) is 14.4 Å². The normalized spacial score (nSPS) is 14.3. The minimum Gasteiger partial charge on any atom is -0.480 e. The molecule has 0 radical (unpaired) electrons. The van der Waals surface area contributed by atoms with Gasteiger partial charge in [-0.2, -0.15) is 5.90 Å². The van der Waals surface area contributed by atoms with Crippen LogP contribution in [0.1, 0.15) is 0 Å². The van der Waals surface area contributed by atoms with Crippen molar-refractivity contribution >= 4 is 33.5 Å². The molecule has 7 N–H and O–H groups in total. The van der Waals surface area contributed by atoms with Crippen molar-refractivity contribution < 1.29 is 19.5 Å². The van der Waals surface area contributed by atoms with E-state index >= 15 is 0 Å². The van der Waals surface area contributed by atoms with Gasteiger partial charge < -0.3 is 21.4 Å². The van der Waals surface area contributed by atoms with Crippen molar-refractivity contribution in [2.75, 3.05) is 11.5 Å². The minimum atomic E-state index is -1.06. The molecule has 0 heterocycles. The summed E-state index contributed by atoms with van der Waals surface area (Å²) in [4.78, 5) is 25.0. The number of carboxylic acids is 1. The van der Waals surface area contributed by atoms with Crippen LogP contribution in [0, 0.1) is 0 Å². The van der Waals surface area contributed by atoms with Crippen molar-refractivity contribution in [3.8, 4) is 0 Å². The molecule has 15 heavy (non-hydrogen) atoms. The Morgan fingerprint density at radius 3 is 2.07 bits per heavy atom. The first-order valence-electron chi connectivity index (χ1n) is 3.88. The van der Waals surface area contributed by atoms with Crippen LogP contribution in [0.15, 0.2) is 0 Å². The van der Waals surface area contributed by atoms with Crippen molar-refractivity contribution in [2.45, 2.75) is 12.1 Å². The third-order valence-corrected chi connectivity index (χ3v) is 3.79. The van der Waals surface area contributed by atoms with Gasteiger partial charge in [-0.05, 0) is 0 Å². The monoisotopic (exact) mass is 255 g/mol. The molecule has 0 aliphatic heterocycles. The van der Waals surface area contributed by atoms with E-state index in [4.69, 9.17) is 16.6 Å². The molecular formula is C6H13N3O4S2. The van der Waals surface area contributed by atoms with E-state index < -0.39 is 24.0 Å². The van der Waals surface area contributed by atoms with E-state index in [2.05, 4.69) is 10.7 Å². The molecule has 7 nitrogen and oxygen atoms in total. The Kier molecular flexibility index (Phi) is 7.52. The molecular weight excluding hydrogens is 242 g/mol. The van der Waals surface area contributed by atoms with Gasteiger partial charge in [0.2, 0.25) is 0 Å². The number of carboxylic acid groups (broad SMARTS) is 1. The topological polar surface area (TPSA) is 142 Å².